The van der Waals surface area contributed by atoms with E-state index in [1.54, 1.807) is 22.8 Å². The Hall–Kier alpha value is -2.02. The van der Waals surface area contributed by atoms with Crippen molar-refractivity contribution in [3.05, 3.63) is 46.6 Å². The van der Waals surface area contributed by atoms with Crippen molar-refractivity contribution in [2.24, 2.45) is 0 Å². The molecule has 3 aromatic rings. The van der Waals surface area contributed by atoms with E-state index in [4.69, 9.17) is 28.2 Å². The highest BCUT2D eigenvalue weighted by atomic mass is 35.5. The molecular weight excluding hydrogens is 347 g/mol. The SMILES string of the molecule is Clc1ccc(Nc2cc(N3CCNCC3)nc3ccnn23)c(Cl)c1. The summed E-state index contributed by atoms with van der Waals surface area (Å²) >= 11 is 12.3. The fraction of sp³-hybridized carbons (Fsp3) is 0.250. The van der Waals surface area contributed by atoms with Gasteiger partial charge in [0.05, 0.1) is 16.9 Å². The first-order valence-corrected chi connectivity index (χ1v) is 8.49. The van der Waals surface area contributed by atoms with Gasteiger partial charge in [0.2, 0.25) is 0 Å². The number of benzene rings is 1. The summed E-state index contributed by atoms with van der Waals surface area (Å²) in [5, 5.41) is 12.2. The highest BCUT2D eigenvalue weighted by Gasteiger charge is 2.15. The van der Waals surface area contributed by atoms with E-state index < -0.39 is 0 Å². The highest BCUT2D eigenvalue weighted by Crippen LogP contribution is 2.29. The summed E-state index contributed by atoms with van der Waals surface area (Å²) in [7, 11) is 0. The number of rotatable bonds is 3. The van der Waals surface area contributed by atoms with Gasteiger partial charge in [0.1, 0.15) is 11.6 Å². The van der Waals surface area contributed by atoms with E-state index in [9.17, 15) is 0 Å². The number of hydrogen-bond acceptors (Lipinski definition) is 5. The van der Waals surface area contributed by atoms with Crippen molar-refractivity contribution in [3.63, 3.8) is 0 Å². The fourth-order valence-electron chi connectivity index (χ4n) is 2.77. The van der Waals surface area contributed by atoms with Crippen molar-refractivity contribution in [1.82, 2.24) is 19.9 Å². The Balaban J connectivity index is 1.74. The maximum atomic E-state index is 6.28. The third kappa shape index (κ3) is 3.00. The number of nitrogens with zero attached hydrogens (tertiary/aromatic N) is 4. The molecule has 1 aliphatic rings. The second-order valence-corrected chi connectivity index (χ2v) is 6.43. The van der Waals surface area contributed by atoms with Gasteiger partial charge in [-0.1, -0.05) is 23.2 Å². The van der Waals surface area contributed by atoms with Crippen LogP contribution in [0, 0.1) is 0 Å². The molecule has 0 radical (unpaired) electrons. The average Bonchev–Trinajstić information content (AvgIpc) is 3.07. The molecule has 0 amide bonds. The Morgan fingerprint density at radius 1 is 1.08 bits per heavy atom. The number of hydrogen-bond donors (Lipinski definition) is 2. The maximum absolute atomic E-state index is 6.28. The zero-order chi connectivity index (χ0) is 16.5. The predicted molar refractivity (Wildman–Crippen MR) is 97.8 cm³/mol. The van der Waals surface area contributed by atoms with E-state index >= 15 is 0 Å². The van der Waals surface area contributed by atoms with E-state index in [1.807, 2.05) is 18.2 Å². The number of anilines is 3. The molecule has 2 N–H and O–H groups in total. The first-order chi connectivity index (χ1) is 11.7. The lowest BCUT2D eigenvalue weighted by Crippen LogP contribution is -2.44. The largest absolute Gasteiger partial charge is 0.354 e. The molecule has 6 nitrogen and oxygen atoms in total. The summed E-state index contributed by atoms with van der Waals surface area (Å²) < 4.78 is 1.76. The minimum Gasteiger partial charge on any atom is -0.354 e. The van der Waals surface area contributed by atoms with E-state index in [0.29, 0.717) is 10.0 Å². The molecule has 0 bridgehead atoms. The summed E-state index contributed by atoms with van der Waals surface area (Å²) in [6.45, 7) is 3.77. The molecule has 0 saturated carbocycles. The van der Waals surface area contributed by atoms with Crippen molar-refractivity contribution in [2.75, 3.05) is 36.4 Å². The number of aromatic nitrogens is 3. The molecule has 1 saturated heterocycles. The van der Waals surface area contributed by atoms with Gasteiger partial charge in [0.15, 0.2) is 5.65 Å². The van der Waals surface area contributed by atoms with Gasteiger partial charge in [-0.25, -0.2) is 4.98 Å². The Morgan fingerprint density at radius 3 is 2.71 bits per heavy atom. The molecule has 1 fully saturated rings. The number of halogens is 2. The second kappa shape index (κ2) is 6.47. The molecule has 24 heavy (non-hydrogen) atoms. The van der Waals surface area contributed by atoms with Crippen LogP contribution in [-0.4, -0.2) is 40.8 Å². The van der Waals surface area contributed by atoms with Crippen molar-refractivity contribution in [3.8, 4) is 0 Å². The Bertz CT molecular complexity index is 872. The van der Waals surface area contributed by atoms with Gasteiger partial charge in [-0.3, -0.25) is 0 Å². The van der Waals surface area contributed by atoms with Crippen LogP contribution in [-0.2, 0) is 0 Å². The van der Waals surface area contributed by atoms with Gasteiger partial charge in [-0.2, -0.15) is 9.61 Å². The molecule has 1 aromatic carbocycles. The van der Waals surface area contributed by atoms with Crippen LogP contribution < -0.4 is 15.5 Å². The van der Waals surface area contributed by atoms with Crippen LogP contribution in [0.2, 0.25) is 10.0 Å². The van der Waals surface area contributed by atoms with Crippen LogP contribution in [0.15, 0.2) is 36.5 Å². The van der Waals surface area contributed by atoms with Crippen LogP contribution in [0.4, 0.5) is 17.3 Å². The summed E-state index contributed by atoms with van der Waals surface area (Å²) in [4.78, 5) is 6.96. The third-order valence-electron chi connectivity index (χ3n) is 3.98. The molecule has 2 aromatic heterocycles. The first-order valence-electron chi connectivity index (χ1n) is 7.73. The number of fused-ring (bicyclic) bond motifs is 1. The van der Waals surface area contributed by atoms with E-state index in [0.717, 1.165) is 49.1 Å². The minimum atomic E-state index is 0.559. The molecule has 0 aliphatic carbocycles. The summed E-state index contributed by atoms with van der Waals surface area (Å²) in [6, 6.07) is 9.25. The molecule has 4 rings (SSSR count). The number of nitrogens with one attached hydrogen (secondary N) is 2. The van der Waals surface area contributed by atoms with E-state index in [1.165, 1.54) is 0 Å². The molecule has 0 atom stereocenters. The van der Waals surface area contributed by atoms with Crippen molar-refractivity contribution in [1.29, 1.82) is 0 Å². The molecule has 0 unspecified atom stereocenters. The topological polar surface area (TPSA) is 57.5 Å². The summed E-state index contributed by atoms with van der Waals surface area (Å²) in [5.74, 6) is 1.74. The Morgan fingerprint density at radius 2 is 1.92 bits per heavy atom. The zero-order valence-corrected chi connectivity index (χ0v) is 14.3. The predicted octanol–water partition coefficient (Wildman–Crippen LogP) is 3.19. The lowest BCUT2D eigenvalue weighted by Gasteiger charge is -2.28. The van der Waals surface area contributed by atoms with Gasteiger partial charge >= 0.3 is 0 Å². The van der Waals surface area contributed by atoms with Gasteiger partial charge < -0.3 is 15.5 Å². The van der Waals surface area contributed by atoms with E-state index in [2.05, 4.69) is 20.6 Å². The molecular formula is C16H16Cl2N6. The minimum absolute atomic E-state index is 0.559. The van der Waals surface area contributed by atoms with Gasteiger partial charge in [0.25, 0.3) is 0 Å². The Labute approximate surface area is 149 Å². The van der Waals surface area contributed by atoms with Crippen molar-refractivity contribution in [2.45, 2.75) is 0 Å². The molecule has 1 aliphatic heterocycles. The van der Waals surface area contributed by atoms with Gasteiger partial charge in [-0.15, -0.1) is 0 Å². The molecule has 124 valence electrons. The van der Waals surface area contributed by atoms with Crippen LogP contribution in [0.1, 0.15) is 0 Å². The van der Waals surface area contributed by atoms with Crippen LogP contribution >= 0.6 is 23.2 Å². The molecule has 8 heteroatoms. The molecule has 0 spiro atoms. The standard InChI is InChI=1S/C16H16Cl2N6/c17-11-1-2-13(12(18)9-11)21-16-10-15(23-7-5-19-6-8-23)22-14-3-4-20-24(14)16/h1-4,9-10,19,21H,5-8H2. The zero-order valence-electron chi connectivity index (χ0n) is 12.8. The molecule has 3 heterocycles. The van der Waals surface area contributed by atoms with Crippen LogP contribution in [0.5, 0.6) is 0 Å². The second-order valence-electron chi connectivity index (χ2n) is 5.59. The normalized spacial score (nSPS) is 15.0. The van der Waals surface area contributed by atoms with Crippen LogP contribution in [0.25, 0.3) is 5.65 Å². The number of piperazine rings is 1. The highest BCUT2D eigenvalue weighted by molar-refractivity contribution is 6.36. The van der Waals surface area contributed by atoms with Gasteiger partial charge in [-0.05, 0) is 18.2 Å². The summed E-state index contributed by atoms with van der Waals surface area (Å²) in [5.41, 5.74) is 1.56. The third-order valence-corrected chi connectivity index (χ3v) is 4.53. The smallest absolute Gasteiger partial charge is 0.159 e. The van der Waals surface area contributed by atoms with E-state index in [-0.39, 0.29) is 0 Å². The lowest BCUT2D eigenvalue weighted by atomic mass is 10.3. The fourth-order valence-corrected chi connectivity index (χ4v) is 3.23. The summed E-state index contributed by atoms with van der Waals surface area (Å²) in [6.07, 6.45) is 1.73. The maximum Gasteiger partial charge on any atom is 0.159 e. The lowest BCUT2D eigenvalue weighted by molar-refractivity contribution is 0.585. The monoisotopic (exact) mass is 362 g/mol. The van der Waals surface area contributed by atoms with Gasteiger partial charge in [0, 0.05) is 43.3 Å². The Kier molecular flexibility index (Phi) is 4.18. The quantitative estimate of drug-likeness (QED) is 0.749. The van der Waals surface area contributed by atoms with Crippen molar-refractivity contribution >= 4 is 46.2 Å². The average molecular weight is 363 g/mol. The van der Waals surface area contributed by atoms with Crippen LogP contribution in [0.3, 0.4) is 0 Å². The van der Waals surface area contributed by atoms with Crippen molar-refractivity contribution < 1.29 is 0 Å². The first kappa shape index (κ1) is 15.5.